The smallest absolute Gasteiger partial charge is 0.135 e. The minimum absolute atomic E-state index is 0.559. The minimum Gasteiger partial charge on any atom is -0.489 e. The lowest BCUT2D eigenvalue weighted by atomic mass is 10.1. The van der Waals surface area contributed by atoms with Crippen LogP contribution in [0.2, 0.25) is 5.02 Å². The van der Waals surface area contributed by atoms with Gasteiger partial charge in [0.25, 0.3) is 0 Å². The fourth-order valence-electron chi connectivity index (χ4n) is 2.61. The average molecular weight is 335 g/mol. The summed E-state index contributed by atoms with van der Waals surface area (Å²) in [6.45, 7) is 0.559. The molecule has 2 nitrogen and oxygen atoms in total. The second-order valence-electron chi connectivity index (χ2n) is 5.59. The highest BCUT2D eigenvalue weighted by atomic mass is 35.5. The molecular formula is C21H15ClO2. The zero-order valence-electron chi connectivity index (χ0n) is 12.9. The van der Waals surface area contributed by atoms with E-state index in [0.717, 1.165) is 33.6 Å². The lowest BCUT2D eigenvalue weighted by Gasteiger charge is -2.06. The molecule has 0 aliphatic heterocycles. The first kappa shape index (κ1) is 14.9. The van der Waals surface area contributed by atoms with Crippen molar-refractivity contribution in [3.63, 3.8) is 0 Å². The lowest BCUT2D eigenvalue weighted by Crippen LogP contribution is -1.94. The Bertz CT molecular complexity index is 956. The zero-order valence-corrected chi connectivity index (χ0v) is 13.7. The van der Waals surface area contributed by atoms with Crippen molar-refractivity contribution in [2.75, 3.05) is 0 Å². The number of halogens is 1. The van der Waals surface area contributed by atoms with Crippen LogP contribution in [0.1, 0.15) is 5.56 Å². The van der Waals surface area contributed by atoms with Gasteiger partial charge in [-0.1, -0.05) is 41.9 Å². The molecule has 3 aromatic carbocycles. The Labute approximate surface area is 145 Å². The second kappa shape index (κ2) is 6.42. The van der Waals surface area contributed by atoms with Crippen LogP contribution in [0.15, 0.2) is 83.3 Å². The summed E-state index contributed by atoms with van der Waals surface area (Å²) in [7, 11) is 0. The molecule has 0 aliphatic rings. The van der Waals surface area contributed by atoms with Gasteiger partial charge in [0.15, 0.2) is 0 Å². The van der Waals surface area contributed by atoms with Gasteiger partial charge in [0.1, 0.15) is 23.7 Å². The van der Waals surface area contributed by atoms with Gasteiger partial charge >= 0.3 is 0 Å². The molecule has 24 heavy (non-hydrogen) atoms. The molecule has 0 saturated heterocycles. The van der Waals surface area contributed by atoms with E-state index in [-0.39, 0.29) is 0 Å². The average Bonchev–Trinajstić information content (AvgIpc) is 3.04. The number of hydrogen-bond acceptors (Lipinski definition) is 2. The number of benzene rings is 3. The molecular weight excluding hydrogens is 320 g/mol. The maximum Gasteiger partial charge on any atom is 0.135 e. The molecule has 4 rings (SSSR count). The summed E-state index contributed by atoms with van der Waals surface area (Å²) < 4.78 is 11.7. The molecule has 1 aromatic heterocycles. The van der Waals surface area contributed by atoms with Gasteiger partial charge in [-0.15, -0.1) is 0 Å². The first-order valence-corrected chi connectivity index (χ1v) is 8.12. The van der Waals surface area contributed by atoms with E-state index >= 15 is 0 Å². The van der Waals surface area contributed by atoms with E-state index in [2.05, 4.69) is 0 Å². The Morgan fingerprint density at radius 2 is 1.62 bits per heavy atom. The van der Waals surface area contributed by atoms with Gasteiger partial charge in [-0.25, -0.2) is 0 Å². The van der Waals surface area contributed by atoms with Gasteiger partial charge in [-0.3, -0.25) is 0 Å². The molecule has 0 bridgehead atoms. The molecule has 0 spiro atoms. The van der Waals surface area contributed by atoms with Crippen molar-refractivity contribution in [3.8, 4) is 17.1 Å². The highest BCUT2D eigenvalue weighted by Crippen LogP contribution is 2.30. The molecule has 118 valence electrons. The van der Waals surface area contributed by atoms with Crippen LogP contribution in [0.4, 0.5) is 0 Å². The van der Waals surface area contributed by atoms with Crippen LogP contribution in [-0.4, -0.2) is 0 Å². The zero-order chi connectivity index (χ0) is 16.4. The van der Waals surface area contributed by atoms with Gasteiger partial charge in [0.2, 0.25) is 0 Å². The Hall–Kier alpha value is -2.71. The largest absolute Gasteiger partial charge is 0.489 e. The Kier molecular flexibility index (Phi) is 3.97. The monoisotopic (exact) mass is 334 g/mol. The normalized spacial score (nSPS) is 10.9. The molecule has 1 heterocycles. The van der Waals surface area contributed by atoms with Crippen molar-refractivity contribution < 1.29 is 9.15 Å². The van der Waals surface area contributed by atoms with Crippen LogP contribution in [0, 0.1) is 0 Å². The van der Waals surface area contributed by atoms with E-state index in [1.165, 1.54) is 0 Å². The Balaban J connectivity index is 1.52. The van der Waals surface area contributed by atoms with E-state index < -0.39 is 0 Å². The highest BCUT2D eigenvalue weighted by molar-refractivity contribution is 6.31. The van der Waals surface area contributed by atoms with Crippen molar-refractivity contribution in [2.24, 2.45) is 0 Å². The van der Waals surface area contributed by atoms with E-state index in [1.807, 2.05) is 78.9 Å². The number of rotatable bonds is 4. The summed E-state index contributed by atoms with van der Waals surface area (Å²) in [6, 6.07) is 25.7. The molecule has 0 aliphatic carbocycles. The van der Waals surface area contributed by atoms with Crippen LogP contribution in [-0.2, 0) is 6.61 Å². The van der Waals surface area contributed by atoms with Crippen molar-refractivity contribution in [2.45, 2.75) is 6.61 Å². The Morgan fingerprint density at radius 1 is 0.833 bits per heavy atom. The van der Waals surface area contributed by atoms with E-state index in [0.29, 0.717) is 11.6 Å². The second-order valence-corrected chi connectivity index (χ2v) is 6.03. The number of fused-ring (bicyclic) bond motifs is 1. The SMILES string of the molecule is Clc1ccc2oc(-c3ccc(OCc4ccccc4)cc3)cc2c1. The third kappa shape index (κ3) is 3.15. The van der Waals surface area contributed by atoms with Crippen LogP contribution >= 0.6 is 11.6 Å². The van der Waals surface area contributed by atoms with Gasteiger partial charge < -0.3 is 9.15 Å². The van der Waals surface area contributed by atoms with Crippen molar-refractivity contribution in [1.82, 2.24) is 0 Å². The predicted octanol–water partition coefficient (Wildman–Crippen LogP) is 6.33. The van der Waals surface area contributed by atoms with Crippen LogP contribution in [0.25, 0.3) is 22.3 Å². The fraction of sp³-hybridized carbons (Fsp3) is 0.0476. The summed E-state index contributed by atoms with van der Waals surface area (Å²) in [6.07, 6.45) is 0. The van der Waals surface area contributed by atoms with Gasteiger partial charge in [0.05, 0.1) is 0 Å². The van der Waals surface area contributed by atoms with Gasteiger partial charge in [0, 0.05) is 16.0 Å². The molecule has 3 heteroatoms. The lowest BCUT2D eigenvalue weighted by molar-refractivity contribution is 0.306. The number of ether oxygens (including phenoxy) is 1. The summed E-state index contributed by atoms with van der Waals surface area (Å²) in [5.41, 5.74) is 2.99. The summed E-state index contributed by atoms with van der Waals surface area (Å²) in [4.78, 5) is 0. The maximum atomic E-state index is 6.02. The molecule has 0 N–H and O–H groups in total. The van der Waals surface area contributed by atoms with Crippen LogP contribution in [0.3, 0.4) is 0 Å². The molecule has 0 saturated carbocycles. The third-order valence-electron chi connectivity index (χ3n) is 3.87. The topological polar surface area (TPSA) is 22.4 Å². The van der Waals surface area contributed by atoms with Crippen molar-refractivity contribution >= 4 is 22.6 Å². The first-order valence-electron chi connectivity index (χ1n) is 7.74. The molecule has 0 amide bonds. The quantitative estimate of drug-likeness (QED) is 0.435. The van der Waals surface area contributed by atoms with Crippen molar-refractivity contribution in [1.29, 1.82) is 0 Å². The van der Waals surface area contributed by atoms with E-state index in [9.17, 15) is 0 Å². The molecule has 4 aromatic rings. The number of hydrogen-bond donors (Lipinski definition) is 0. The van der Waals surface area contributed by atoms with Crippen LogP contribution < -0.4 is 4.74 Å². The fourth-order valence-corrected chi connectivity index (χ4v) is 2.79. The first-order chi connectivity index (χ1) is 11.8. The van der Waals surface area contributed by atoms with Crippen LogP contribution in [0.5, 0.6) is 5.75 Å². The minimum atomic E-state index is 0.559. The molecule has 0 unspecified atom stereocenters. The summed E-state index contributed by atoms with van der Waals surface area (Å²) >= 11 is 6.02. The van der Waals surface area contributed by atoms with E-state index in [4.69, 9.17) is 20.8 Å². The molecule has 0 fully saturated rings. The number of furan rings is 1. The van der Waals surface area contributed by atoms with Gasteiger partial charge in [-0.05, 0) is 54.1 Å². The van der Waals surface area contributed by atoms with E-state index in [1.54, 1.807) is 0 Å². The molecule has 0 atom stereocenters. The standard InChI is InChI=1S/C21H15ClO2/c22-18-8-11-20-17(12-18)13-21(24-20)16-6-9-19(10-7-16)23-14-15-4-2-1-3-5-15/h1-13H,14H2. The van der Waals surface area contributed by atoms with Crippen molar-refractivity contribution in [3.05, 3.63) is 89.4 Å². The van der Waals surface area contributed by atoms with Gasteiger partial charge in [-0.2, -0.15) is 0 Å². The summed E-state index contributed by atoms with van der Waals surface area (Å²) in [5.74, 6) is 1.66. The third-order valence-corrected chi connectivity index (χ3v) is 4.10. The molecule has 0 radical (unpaired) electrons. The Morgan fingerprint density at radius 3 is 2.42 bits per heavy atom. The predicted molar refractivity (Wildman–Crippen MR) is 97.4 cm³/mol. The summed E-state index contributed by atoms with van der Waals surface area (Å²) in [5, 5.41) is 1.71. The maximum absolute atomic E-state index is 6.02. The highest BCUT2D eigenvalue weighted by Gasteiger charge is 2.07.